The normalized spacial score (nSPS) is 11.3. The first-order valence-corrected chi connectivity index (χ1v) is 10.4. The highest BCUT2D eigenvalue weighted by atomic mass is 32.1. The van der Waals surface area contributed by atoms with Crippen molar-refractivity contribution in [3.63, 3.8) is 0 Å². The number of thiophene rings is 1. The first-order chi connectivity index (χ1) is 14.2. The van der Waals surface area contributed by atoms with Gasteiger partial charge in [0.05, 0.1) is 5.69 Å². The Labute approximate surface area is 172 Å². The minimum absolute atomic E-state index is 0.0623. The summed E-state index contributed by atoms with van der Waals surface area (Å²) in [4.78, 5) is 22.3. The number of aromatic nitrogens is 3. The molecule has 0 aliphatic rings. The van der Waals surface area contributed by atoms with E-state index in [4.69, 9.17) is 0 Å². The van der Waals surface area contributed by atoms with Crippen molar-refractivity contribution in [1.29, 1.82) is 0 Å². The van der Waals surface area contributed by atoms with Gasteiger partial charge in [-0.1, -0.05) is 11.6 Å². The third-order valence-corrected chi connectivity index (χ3v) is 6.21. The predicted octanol–water partition coefficient (Wildman–Crippen LogP) is 4.85. The van der Waals surface area contributed by atoms with E-state index in [-0.39, 0.29) is 5.91 Å². The third kappa shape index (κ3) is 3.21. The summed E-state index contributed by atoms with van der Waals surface area (Å²) in [5.74, 6) is -0.0623. The number of aryl methyl sites for hydroxylation is 1. The van der Waals surface area contributed by atoms with Gasteiger partial charge in [-0.25, -0.2) is 4.98 Å². The second kappa shape index (κ2) is 7.22. The molecule has 0 bridgehead atoms. The molecule has 0 fully saturated rings. The highest BCUT2D eigenvalue weighted by molar-refractivity contribution is 7.21. The van der Waals surface area contributed by atoms with Crippen molar-refractivity contribution in [2.24, 2.45) is 0 Å². The highest BCUT2D eigenvalue weighted by Gasteiger charge is 2.20. The number of benzene rings is 1. The van der Waals surface area contributed by atoms with Gasteiger partial charge in [0.2, 0.25) is 0 Å². The van der Waals surface area contributed by atoms with E-state index in [2.05, 4.69) is 40.4 Å². The van der Waals surface area contributed by atoms with Gasteiger partial charge in [-0.3, -0.25) is 4.79 Å². The van der Waals surface area contributed by atoms with Crippen molar-refractivity contribution in [1.82, 2.24) is 19.9 Å². The molecule has 0 atom stereocenters. The summed E-state index contributed by atoms with van der Waals surface area (Å²) in [6.45, 7) is 2.67. The van der Waals surface area contributed by atoms with Crippen LogP contribution in [0.15, 0.2) is 67.3 Å². The lowest BCUT2D eigenvalue weighted by Gasteiger charge is -2.07. The maximum atomic E-state index is 13.0. The molecule has 2 N–H and O–H groups in total. The molecule has 0 unspecified atom stereocenters. The van der Waals surface area contributed by atoms with E-state index >= 15 is 0 Å². The van der Waals surface area contributed by atoms with E-state index in [1.807, 2.05) is 47.4 Å². The Kier molecular flexibility index (Phi) is 4.41. The number of fused-ring (bicyclic) bond motifs is 2. The smallest absolute Gasteiger partial charge is 0.263 e. The number of aromatic amines is 1. The molecule has 5 aromatic rings. The Hall–Kier alpha value is -3.38. The van der Waals surface area contributed by atoms with Gasteiger partial charge in [0.25, 0.3) is 5.91 Å². The molecule has 1 amide bonds. The molecular formula is C23H20N4OS. The van der Waals surface area contributed by atoms with Crippen molar-refractivity contribution < 1.29 is 4.79 Å². The summed E-state index contributed by atoms with van der Waals surface area (Å²) in [7, 11) is 0. The molecule has 29 heavy (non-hydrogen) atoms. The lowest BCUT2D eigenvalue weighted by molar-refractivity contribution is 0.0958. The monoisotopic (exact) mass is 400 g/mol. The lowest BCUT2D eigenvalue weighted by Crippen LogP contribution is -2.25. The number of H-pyrrole nitrogens is 1. The zero-order valence-corrected chi connectivity index (χ0v) is 16.8. The Balaban J connectivity index is 1.39. The van der Waals surface area contributed by atoms with Gasteiger partial charge >= 0.3 is 0 Å². The van der Waals surface area contributed by atoms with Gasteiger partial charge in [0, 0.05) is 47.6 Å². The van der Waals surface area contributed by atoms with Crippen LogP contribution >= 0.6 is 11.3 Å². The highest BCUT2D eigenvalue weighted by Crippen LogP contribution is 2.33. The van der Waals surface area contributed by atoms with Crippen LogP contribution in [0.4, 0.5) is 0 Å². The van der Waals surface area contributed by atoms with Gasteiger partial charge in [-0.15, -0.1) is 11.3 Å². The minimum atomic E-state index is -0.0623. The van der Waals surface area contributed by atoms with Crippen molar-refractivity contribution in [2.75, 3.05) is 6.54 Å². The molecule has 144 valence electrons. The fourth-order valence-corrected chi connectivity index (χ4v) is 4.76. The molecule has 0 saturated carbocycles. The summed E-state index contributed by atoms with van der Waals surface area (Å²) in [5.41, 5.74) is 4.47. The van der Waals surface area contributed by atoms with Crippen LogP contribution < -0.4 is 5.32 Å². The number of rotatable bonds is 5. The van der Waals surface area contributed by atoms with Gasteiger partial charge < -0.3 is 14.9 Å². The average Bonchev–Trinajstić information content (AvgIpc) is 3.46. The van der Waals surface area contributed by atoms with E-state index in [1.165, 1.54) is 27.8 Å². The number of hydrogen-bond donors (Lipinski definition) is 2. The van der Waals surface area contributed by atoms with Crippen LogP contribution in [0.2, 0.25) is 0 Å². The zero-order chi connectivity index (χ0) is 19.8. The Morgan fingerprint density at radius 2 is 2.03 bits per heavy atom. The Bertz CT molecular complexity index is 1310. The van der Waals surface area contributed by atoms with Crippen LogP contribution in [0.5, 0.6) is 0 Å². The number of pyridine rings is 1. The average molecular weight is 401 g/mol. The summed E-state index contributed by atoms with van der Waals surface area (Å²) < 4.78 is 1.98. The summed E-state index contributed by atoms with van der Waals surface area (Å²) in [5, 5.41) is 5.31. The van der Waals surface area contributed by atoms with Crippen molar-refractivity contribution in [2.45, 2.75) is 13.3 Å². The summed E-state index contributed by atoms with van der Waals surface area (Å²) >= 11 is 1.43. The predicted molar refractivity (Wildman–Crippen MR) is 118 cm³/mol. The van der Waals surface area contributed by atoms with Gasteiger partial charge in [-0.2, -0.15) is 0 Å². The van der Waals surface area contributed by atoms with Crippen molar-refractivity contribution in [3.05, 3.63) is 83.3 Å². The number of carbonyl (C=O) groups excluding carboxylic acids is 1. The molecule has 0 radical (unpaired) electrons. The molecule has 4 aromatic heterocycles. The topological polar surface area (TPSA) is 62.7 Å². The maximum absolute atomic E-state index is 13.0. The number of amides is 1. The second-order valence-corrected chi connectivity index (χ2v) is 8.09. The molecule has 0 spiro atoms. The van der Waals surface area contributed by atoms with Crippen LogP contribution in [-0.2, 0) is 6.42 Å². The fourth-order valence-electron chi connectivity index (χ4n) is 3.70. The molecule has 5 nitrogen and oxygen atoms in total. The molecule has 0 aliphatic heterocycles. The molecule has 0 saturated heterocycles. The lowest BCUT2D eigenvalue weighted by atomic mass is 10.1. The van der Waals surface area contributed by atoms with Crippen LogP contribution in [0.3, 0.4) is 0 Å². The van der Waals surface area contributed by atoms with Crippen LogP contribution in [0.25, 0.3) is 26.8 Å². The van der Waals surface area contributed by atoms with Gasteiger partial charge in [0.15, 0.2) is 0 Å². The first kappa shape index (κ1) is 17.7. The van der Waals surface area contributed by atoms with E-state index in [0.717, 1.165) is 27.8 Å². The fraction of sp³-hybridized carbons (Fsp3) is 0.130. The number of hydrogen-bond acceptors (Lipinski definition) is 3. The molecule has 5 rings (SSSR count). The standard InChI is InChI=1S/C23H20N4OS/c1-15-6-7-19-18(13-15)16(14-26-19)8-10-24-22(28)21-20(27-11-2-3-12-27)17-5-4-9-25-23(17)29-21/h2-7,9,11-14,26H,8,10H2,1H3,(H,24,28). The molecular weight excluding hydrogens is 380 g/mol. The minimum Gasteiger partial charge on any atom is -0.361 e. The number of carbonyl (C=O) groups is 1. The molecule has 6 heteroatoms. The van der Waals surface area contributed by atoms with Crippen LogP contribution in [0.1, 0.15) is 20.8 Å². The third-order valence-electron chi connectivity index (χ3n) is 5.11. The van der Waals surface area contributed by atoms with E-state index in [1.54, 1.807) is 6.20 Å². The number of nitrogens with one attached hydrogen (secondary N) is 2. The summed E-state index contributed by atoms with van der Waals surface area (Å²) in [6, 6.07) is 14.2. The van der Waals surface area contributed by atoms with Crippen molar-refractivity contribution in [3.8, 4) is 5.69 Å². The number of nitrogens with zero attached hydrogens (tertiary/aromatic N) is 2. The van der Waals surface area contributed by atoms with E-state index in [0.29, 0.717) is 11.4 Å². The summed E-state index contributed by atoms with van der Waals surface area (Å²) in [6.07, 6.45) is 8.49. The SMILES string of the molecule is Cc1ccc2[nH]cc(CCNC(=O)c3sc4ncccc4c3-n3cccc3)c2c1. The Morgan fingerprint density at radius 3 is 2.90 bits per heavy atom. The van der Waals surface area contributed by atoms with E-state index in [9.17, 15) is 4.79 Å². The van der Waals surface area contributed by atoms with Gasteiger partial charge in [-0.05, 0) is 55.3 Å². The zero-order valence-electron chi connectivity index (χ0n) is 16.0. The largest absolute Gasteiger partial charge is 0.361 e. The van der Waals surface area contributed by atoms with Gasteiger partial charge in [0.1, 0.15) is 9.71 Å². The Morgan fingerprint density at radius 1 is 1.17 bits per heavy atom. The first-order valence-electron chi connectivity index (χ1n) is 9.56. The molecule has 1 aromatic carbocycles. The maximum Gasteiger partial charge on any atom is 0.263 e. The van der Waals surface area contributed by atoms with Crippen molar-refractivity contribution >= 4 is 38.4 Å². The van der Waals surface area contributed by atoms with Crippen LogP contribution in [-0.4, -0.2) is 27.0 Å². The van der Waals surface area contributed by atoms with Crippen LogP contribution in [0, 0.1) is 6.92 Å². The molecule has 0 aliphatic carbocycles. The molecule has 4 heterocycles. The van der Waals surface area contributed by atoms with E-state index < -0.39 is 0 Å². The second-order valence-electron chi connectivity index (χ2n) is 7.10. The quantitative estimate of drug-likeness (QED) is 0.443.